The highest BCUT2D eigenvalue weighted by molar-refractivity contribution is 5.87. The Morgan fingerprint density at radius 2 is 1.51 bits per heavy atom. The lowest BCUT2D eigenvalue weighted by molar-refractivity contribution is -0.359. The maximum absolute atomic E-state index is 13.1. The van der Waals surface area contributed by atoms with Gasteiger partial charge >= 0.3 is 11.9 Å². The molecule has 2 heterocycles. The van der Waals surface area contributed by atoms with E-state index in [0.717, 1.165) is 13.0 Å². The summed E-state index contributed by atoms with van der Waals surface area (Å²) in [6.07, 6.45) is -14.2. The van der Waals surface area contributed by atoms with Crippen LogP contribution in [0.1, 0.15) is 31.1 Å². The molecule has 0 radical (unpaired) electrons. The van der Waals surface area contributed by atoms with Gasteiger partial charge in [0, 0.05) is 20.1 Å². The quantitative estimate of drug-likeness (QED) is 0.0805. The molecule has 17 nitrogen and oxygen atoms in total. The first-order valence-electron chi connectivity index (χ1n) is 15.1. The number of carbonyl (C=O) groups is 2. The standard InChI is InChI=1S/C32H40O17/c1-14-25(40)26(41)27(42)31(45-14)49-29-28(48-24(39)9-5-16-4-7-18(35)20(37)10-16)22(12-33)47-32(30(29)46-15(2)34)44-13-23(43-3)17-6-8-19(36)21(38)11-17/h4-11,14,22-23,25-33,35-38,40-42H,12-13H2,1-3H3/b9-5+/t14-,22+,23+,25-,26+,27+,28+,29-,30+,31-,32+/m0/s1. The molecule has 2 aromatic carbocycles. The lowest BCUT2D eigenvalue weighted by Crippen LogP contribution is -2.65. The first kappa shape index (κ1) is 37.8. The van der Waals surface area contributed by atoms with Crippen molar-refractivity contribution >= 4 is 18.0 Å². The number of methoxy groups -OCH3 is 1. The number of carbonyl (C=O) groups excluding carboxylic acids is 2. The number of hydrogen-bond acceptors (Lipinski definition) is 17. The van der Waals surface area contributed by atoms with Gasteiger partial charge in [-0.3, -0.25) is 4.79 Å². The Labute approximate surface area is 280 Å². The second-order valence-corrected chi connectivity index (χ2v) is 11.4. The monoisotopic (exact) mass is 696 g/mol. The first-order valence-corrected chi connectivity index (χ1v) is 15.1. The molecule has 4 rings (SSSR count). The van der Waals surface area contributed by atoms with Crippen molar-refractivity contribution in [3.63, 3.8) is 0 Å². The van der Waals surface area contributed by atoms with Crippen molar-refractivity contribution < 1.29 is 83.6 Å². The highest BCUT2D eigenvalue weighted by Crippen LogP contribution is 2.35. The summed E-state index contributed by atoms with van der Waals surface area (Å²) in [5, 5.41) is 80.6. The number of phenols is 4. The molecular formula is C32H40O17. The van der Waals surface area contributed by atoms with E-state index in [1.165, 1.54) is 56.5 Å². The van der Waals surface area contributed by atoms with Crippen LogP contribution in [0.25, 0.3) is 6.08 Å². The third kappa shape index (κ3) is 9.15. The molecule has 17 heteroatoms. The van der Waals surface area contributed by atoms with Crippen LogP contribution < -0.4 is 0 Å². The maximum atomic E-state index is 13.1. The molecule has 2 aromatic rings. The lowest BCUT2D eigenvalue weighted by Gasteiger charge is -2.47. The molecule has 0 unspecified atom stereocenters. The summed E-state index contributed by atoms with van der Waals surface area (Å²) in [7, 11) is 1.34. The van der Waals surface area contributed by atoms with Gasteiger partial charge in [-0.1, -0.05) is 12.1 Å². The van der Waals surface area contributed by atoms with Crippen LogP contribution in [-0.2, 0) is 42.7 Å². The molecule has 0 aromatic heterocycles. The number of aliphatic hydroxyl groups excluding tert-OH is 4. The van der Waals surface area contributed by atoms with E-state index in [1.807, 2.05) is 0 Å². The van der Waals surface area contributed by atoms with E-state index in [-0.39, 0.29) is 18.1 Å². The summed E-state index contributed by atoms with van der Waals surface area (Å²) >= 11 is 0. The highest BCUT2D eigenvalue weighted by atomic mass is 16.8. The van der Waals surface area contributed by atoms with Crippen LogP contribution in [0.5, 0.6) is 23.0 Å². The van der Waals surface area contributed by atoms with E-state index < -0.39 is 97.6 Å². The van der Waals surface area contributed by atoms with E-state index in [4.69, 9.17) is 33.2 Å². The van der Waals surface area contributed by atoms with E-state index >= 15 is 0 Å². The number of rotatable bonds is 12. The lowest BCUT2D eigenvalue weighted by atomic mass is 9.96. The van der Waals surface area contributed by atoms with Crippen molar-refractivity contribution in [1.29, 1.82) is 0 Å². The first-order chi connectivity index (χ1) is 23.2. The fraction of sp³-hybridized carbons (Fsp3) is 0.500. The second kappa shape index (κ2) is 16.6. The minimum absolute atomic E-state index is 0.305. The Bertz CT molecular complexity index is 1470. The zero-order valence-electron chi connectivity index (χ0n) is 26.6. The summed E-state index contributed by atoms with van der Waals surface area (Å²) in [4.78, 5) is 25.4. The number of phenolic OH excluding ortho intramolecular Hbond substituents is 4. The predicted octanol–water partition coefficient (Wildman–Crippen LogP) is -0.300. The zero-order valence-corrected chi connectivity index (χ0v) is 26.6. The average Bonchev–Trinajstić information content (AvgIpc) is 3.06. The van der Waals surface area contributed by atoms with Crippen LogP contribution in [0.2, 0.25) is 0 Å². The Morgan fingerprint density at radius 3 is 2.12 bits per heavy atom. The number of hydrogen-bond donors (Lipinski definition) is 8. The van der Waals surface area contributed by atoms with Gasteiger partial charge < -0.3 is 74.0 Å². The minimum atomic E-state index is -1.84. The third-order valence-electron chi connectivity index (χ3n) is 7.90. The van der Waals surface area contributed by atoms with Gasteiger partial charge in [-0.25, -0.2) is 4.79 Å². The minimum Gasteiger partial charge on any atom is -0.504 e. The zero-order chi connectivity index (χ0) is 36.0. The van der Waals surface area contributed by atoms with Crippen molar-refractivity contribution in [3.8, 4) is 23.0 Å². The van der Waals surface area contributed by atoms with E-state index in [2.05, 4.69) is 0 Å². The summed E-state index contributed by atoms with van der Waals surface area (Å²) in [5.41, 5.74) is 0.685. The molecule has 2 saturated heterocycles. The number of esters is 2. The summed E-state index contributed by atoms with van der Waals surface area (Å²) in [5.74, 6) is -3.49. The van der Waals surface area contributed by atoms with E-state index in [9.17, 15) is 50.4 Å². The van der Waals surface area contributed by atoms with Gasteiger partial charge in [-0.15, -0.1) is 0 Å². The van der Waals surface area contributed by atoms with Crippen LogP contribution in [-0.4, -0.2) is 135 Å². The third-order valence-corrected chi connectivity index (χ3v) is 7.90. The molecule has 270 valence electrons. The highest BCUT2D eigenvalue weighted by Gasteiger charge is 2.54. The number of benzene rings is 2. The molecule has 0 amide bonds. The summed E-state index contributed by atoms with van der Waals surface area (Å²) in [6.45, 7) is 1.35. The van der Waals surface area contributed by atoms with Crippen LogP contribution in [0.3, 0.4) is 0 Å². The van der Waals surface area contributed by atoms with Gasteiger partial charge in [0.05, 0.1) is 19.3 Å². The largest absolute Gasteiger partial charge is 0.504 e. The number of aromatic hydroxyl groups is 4. The molecule has 2 aliphatic heterocycles. The fourth-order valence-electron chi connectivity index (χ4n) is 5.26. The van der Waals surface area contributed by atoms with Crippen molar-refractivity contribution in [2.24, 2.45) is 0 Å². The van der Waals surface area contributed by atoms with Gasteiger partial charge in [0.15, 0.2) is 47.8 Å². The normalized spacial score (nSPS) is 30.9. The molecule has 2 aliphatic rings. The van der Waals surface area contributed by atoms with Crippen molar-refractivity contribution in [1.82, 2.24) is 0 Å². The van der Waals surface area contributed by atoms with Crippen molar-refractivity contribution in [2.75, 3.05) is 20.3 Å². The summed E-state index contributed by atoms with van der Waals surface area (Å²) < 4.78 is 40.0. The SMILES string of the molecule is CO[C@H](CO[C@@H]1O[C@H](CO)[C@@H](OC(=O)/C=C/c2ccc(O)c(O)c2)[C@H](O[C@@H]2O[C@@H](C)[C@H](O)[C@@H](O)[C@H]2O)[C@H]1OC(C)=O)c1ccc(O)c(O)c1. The Balaban J connectivity index is 1.65. The van der Waals surface area contributed by atoms with Gasteiger partial charge in [-0.2, -0.15) is 0 Å². The Hall–Kier alpha value is -4.04. The van der Waals surface area contributed by atoms with Gasteiger partial charge in [0.25, 0.3) is 0 Å². The molecule has 8 N–H and O–H groups in total. The predicted molar refractivity (Wildman–Crippen MR) is 163 cm³/mol. The molecule has 0 saturated carbocycles. The van der Waals surface area contributed by atoms with Crippen LogP contribution in [0.15, 0.2) is 42.5 Å². The smallest absolute Gasteiger partial charge is 0.331 e. The van der Waals surface area contributed by atoms with E-state index in [0.29, 0.717) is 11.1 Å². The average molecular weight is 697 g/mol. The molecule has 0 spiro atoms. The second-order valence-electron chi connectivity index (χ2n) is 11.4. The van der Waals surface area contributed by atoms with Crippen molar-refractivity contribution in [3.05, 3.63) is 53.6 Å². The van der Waals surface area contributed by atoms with E-state index in [1.54, 1.807) is 0 Å². The van der Waals surface area contributed by atoms with Gasteiger partial charge in [0.1, 0.15) is 36.6 Å². The van der Waals surface area contributed by atoms with Gasteiger partial charge in [0.2, 0.25) is 0 Å². The maximum Gasteiger partial charge on any atom is 0.331 e. The van der Waals surface area contributed by atoms with Crippen molar-refractivity contribution in [2.45, 2.75) is 81.4 Å². The molecule has 11 atom stereocenters. The fourth-order valence-corrected chi connectivity index (χ4v) is 5.26. The van der Waals surface area contributed by atoms with Gasteiger partial charge in [-0.05, 0) is 48.4 Å². The Morgan fingerprint density at radius 1 is 0.837 bits per heavy atom. The number of aliphatic hydroxyl groups is 4. The topological polar surface area (TPSA) is 261 Å². The molecule has 49 heavy (non-hydrogen) atoms. The Kier molecular flexibility index (Phi) is 12.8. The molecule has 2 fully saturated rings. The van der Waals surface area contributed by atoms with Crippen LogP contribution >= 0.6 is 0 Å². The van der Waals surface area contributed by atoms with Crippen LogP contribution in [0, 0.1) is 0 Å². The molecule has 0 bridgehead atoms. The molecule has 0 aliphatic carbocycles. The van der Waals surface area contributed by atoms with Crippen LogP contribution in [0.4, 0.5) is 0 Å². The summed E-state index contributed by atoms with van der Waals surface area (Å²) in [6, 6.07) is 7.72. The number of ether oxygens (including phenoxy) is 7. The molecular weight excluding hydrogens is 656 g/mol.